The molecule has 1 saturated carbocycles. The van der Waals surface area contributed by atoms with Crippen LogP contribution in [0, 0.1) is 16.0 Å². The second-order valence-corrected chi connectivity index (χ2v) is 10.1. The summed E-state index contributed by atoms with van der Waals surface area (Å²) in [6.45, 7) is -2.59. The van der Waals surface area contributed by atoms with Gasteiger partial charge in [0.1, 0.15) is 16.1 Å². The van der Waals surface area contributed by atoms with Crippen molar-refractivity contribution < 1.29 is 43.2 Å². The molecule has 0 saturated heterocycles. The molecule has 220 valence electrons. The number of nitrogens with zero attached hydrogens (tertiary/aromatic N) is 2. The summed E-state index contributed by atoms with van der Waals surface area (Å²) in [5.74, 6) is 0.316. The monoisotopic (exact) mass is 613 g/mol. The minimum Gasteiger partial charge on any atom is -0.870 e. The van der Waals surface area contributed by atoms with E-state index in [2.05, 4.69) is 9.72 Å². The molecule has 1 fully saturated rings. The lowest BCUT2D eigenvalue weighted by atomic mass is 10.0. The van der Waals surface area contributed by atoms with E-state index in [1.165, 1.54) is 54.7 Å². The van der Waals surface area contributed by atoms with Gasteiger partial charge in [-0.15, -0.1) is 0 Å². The molecule has 1 amide bonds. The summed E-state index contributed by atoms with van der Waals surface area (Å²) in [6.07, 6.45) is 3.49. The number of benzene rings is 2. The molecule has 0 bridgehead atoms. The van der Waals surface area contributed by atoms with E-state index < -0.39 is 23.7 Å². The number of aromatic amines is 1. The third-order valence-corrected chi connectivity index (χ3v) is 6.91. The number of amides is 1. The third-order valence-electron chi connectivity index (χ3n) is 6.23. The van der Waals surface area contributed by atoms with E-state index in [1.807, 2.05) is 0 Å². The summed E-state index contributed by atoms with van der Waals surface area (Å²) in [5.41, 5.74) is 1.54. The molecule has 1 aromatic heterocycles. The number of hydrogen-bond acceptors (Lipinski definition) is 7. The van der Waals surface area contributed by atoms with Crippen molar-refractivity contribution in [1.29, 1.82) is 0 Å². The van der Waals surface area contributed by atoms with Gasteiger partial charge in [0, 0.05) is 37.7 Å². The lowest BCUT2D eigenvalue weighted by molar-refractivity contribution is -0.384. The van der Waals surface area contributed by atoms with Crippen LogP contribution in [0.4, 0.5) is 19.3 Å². The Morgan fingerprint density at radius 3 is 2.37 bits per heavy atom. The SMILES string of the molecule is CN(Cc1ccc([N+](=O)[O-])cc1)C(=O)O[C@@H](Cc1c(Cl)c[nH+]cc1Cl)c1ccc(OC(F)F)c(OCC2CC2)c1.[OH-]. The highest BCUT2D eigenvalue weighted by Gasteiger charge is 2.27. The number of rotatable bonds is 12. The first-order valence-corrected chi connectivity index (χ1v) is 13.1. The Morgan fingerprint density at radius 2 is 1.78 bits per heavy atom. The van der Waals surface area contributed by atoms with Crippen LogP contribution in [0.5, 0.6) is 11.5 Å². The average Bonchev–Trinajstić information content (AvgIpc) is 3.74. The molecule has 1 heterocycles. The normalized spacial score (nSPS) is 13.2. The first-order valence-electron chi connectivity index (χ1n) is 12.3. The molecule has 41 heavy (non-hydrogen) atoms. The van der Waals surface area contributed by atoms with Crippen LogP contribution in [0.25, 0.3) is 0 Å². The van der Waals surface area contributed by atoms with Gasteiger partial charge in [0.2, 0.25) is 0 Å². The number of nitro groups is 1. The van der Waals surface area contributed by atoms with E-state index >= 15 is 0 Å². The molecule has 1 atom stereocenters. The fourth-order valence-electron chi connectivity index (χ4n) is 3.88. The topological polar surface area (TPSA) is 135 Å². The first kappa shape index (κ1) is 31.8. The van der Waals surface area contributed by atoms with Crippen molar-refractivity contribution >= 4 is 35.0 Å². The van der Waals surface area contributed by atoms with Gasteiger partial charge in [-0.1, -0.05) is 41.4 Å². The number of nitrogens with one attached hydrogen (secondary N) is 1. The second-order valence-electron chi connectivity index (χ2n) is 9.32. The van der Waals surface area contributed by atoms with Crippen LogP contribution in [0.1, 0.15) is 35.6 Å². The molecule has 3 aromatic rings. The number of pyridine rings is 1. The number of carbonyl (C=O) groups is 1. The summed E-state index contributed by atoms with van der Waals surface area (Å²) in [7, 11) is 1.52. The van der Waals surface area contributed by atoms with Crippen molar-refractivity contribution in [2.45, 2.75) is 38.5 Å². The fraction of sp³-hybridized carbons (Fsp3) is 0.333. The highest BCUT2D eigenvalue weighted by molar-refractivity contribution is 6.35. The van der Waals surface area contributed by atoms with Gasteiger partial charge in [-0.3, -0.25) is 10.1 Å². The van der Waals surface area contributed by atoms with Gasteiger partial charge in [0.15, 0.2) is 23.9 Å². The molecule has 1 aliphatic carbocycles. The van der Waals surface area contributed by atoms with Crippen LogP contribution in [0.3, 0.4) is 0 Å². The number of non-ortho nitro benzene ring substituents is 1. The van der Waals surface area contributed by atoms with Crippen LogP contribution >= 0.6 is 23.2 Å². The quantitative estimate of drug-likeness (QED) is 0.168. The van der Waals surface area contributed by atoms with Crippen molar-refractivity contribution in [3.63, 3.8) is 0 Å². The van der Waals surface area contributed by atoms with E-state index in [-0.39, 0.29) is 35.6 Å². The van der Waals surface area contributed by atoms with Crippen molar-refractivity contribution in [2.75, 3.05) is 13.7 Å². The van der Waals surface area contributed by atoms with E-state index in [0.717, 1.165) is 12.8 Å². The Hall–Kier alpha value is -3.74. The Kier molecular flexibility index (Phi) is 11.0. The van der Waals surface area contributed by atoms with Gasteiger partial charge in [-0.2, -0.15) is 8.78 Å². The molecule has 0 spiro atoms. The van der Waals surface area contributed by atoms with Gasteiger partial charge in [-0.25, -0.2) is 9.78 Å². The molecule has 2 N–H and O–H groups in total. The van der Waals surface area contributed by atoms with E-state index in [1.54, 1.807) is 12.1 Å². The summed E-state index contributed by atoms with van der Waals surface area (Å²) in [4.78, 5) is 27.7. The zero-order chi connectivity index (χ0) is 28.8. The number of halogens is 4. The van der Waals surface area contributed by atoms with Crippen molar-refractivity contribution in [3.8, 4) is 11.5 Å². The number of nitro benzene ring substituents is 1. The van der Waals surface area contributed by atoms with Crippen LogP contribution in [-0.2, 0) is 17.7 Å². The third kappa shape index (κ3) is 8.87. The Balaban J connectivity index is 0.00000462. The van der Waals surface area contributed by atoms with Gasteiger partial charge < -0.3 is 24.6 Å². The molecule has 0 aliphatic heterocycles. The van der Waals surface area contributed by atoms with Crippen LogP contribution in [-0.4, -0.2) is 41.7 Å². The van der Waals surface area contributed by atoms with Crippen molar-refractivity contribution in [3.05, 3.63) is 91.7 Å². The predicted octanol–water partition coefficient (Wildman–Crippen LogP) is 6.48. The van der Waals surface area contributed by atoms with E-state index in [9.17, 15) is 23.7 Å². The largest absolute Gasteiger partial charge is 0.870 e. The fourth-order valence-corrected chi connectivity index (χ4v) is 4.41. The van der Waals surface area contributed by atoms with E-state index in [4.69, 9.17) is 32.7 Å². The molecular weight excluding hydrogens is 587 g/mol. The Labute approximate surface area is 244 Å². The summed E-state index contributed by atoms with van der Waals surface area (Å²) in [6, 6.07) is 10.1. The maximum Gasteiger partial charge on any atom is 0.410 e. The van der Waals surface area contributed by atoms with Crippen molar-refractivity contribution in [1.82, 2.24) is 4.90 Å². The molecule has 2 aromatic carbocycles. The van der Waals surface area contributed by atoms with Gasteiger partial charge in [0.05, 0.1) is 11.5 Å². The first-order chi connectivity index (χ1) is 19.1. The highest BCUT2D eigenvalue weighted by atomic mass is 35.5. The molecule has 0 unspecified atom stereocenters. The number of carbonyl (C=O) groups excluding carboxylic acids is 1. The van der Waals surface area contributed by atoms with Crippen LogP contribution in [0.2, 0.25) is 10.0 Å². The molecular formula is C27H27Cl2F2N3O7. The molecule has 1 aliphatic rings. The van der Waals surface area contributed by atoms with Gasteiger partial charge in [0.25, 0.3) is 5.69 Å². The highest BCUT2D eigenvalue weighted by Crippen LogP contribution is 2.38. The van der Waals surface area contributed by atoms with Crippen LogP contribution < -0.4 is 14.5 Å². The summed E-state index contributed by atoms with van der Waals surface area (Å²) in [5, 5.41) is 11.5. The second kappa shape index (κ2) is 14.2. The Bertz CT molecular complexity index is 1340. The van der Waals surface area contributed by atoms with Gasteiger partial charge in [-0.05, 0) is 42.0 Å². The lowest BCUT2D eigenvalue weighted by Gasteiger charge is -2.24. The summed E-state index contributed by atoms with van der Waals surface area (Å²) < 4.78 is 42.4. The summed E-state index contributed by atoms with van der Waals surface area (Å²) >= 11 is 12.7. The van der Waals surface area contributed by atoms with Gasteiger partial charge >= 0.3 is 12.7 Å². The molecule has 14 heteroatoms. The minimum absolute atomic E-state index is 0. The molecule has 10 nitrogen and oxygen atoms in total. The maximum absolute atomic E-state index is 13.2. The number of H-pyrrole nitrogens is 1. The zero-order valence-electron chi connectivity index (χ0n) is 21.8. The molecule has 4 rings (SSSR count). The molecule has 0 radical (unpaired) electrons. The van der Waals surface area contributed by atoms with Crippen LogP contribution in [0.15, 0.2) is 54.9 Å². The number of aromatic nitrogens is 1. The number of ether oxygens (including phenoxy) is 3. The average molecular weight is 614 g/mol. The standard InChI is InChI=1S/C27H25Cl2F2N3O6.H2O/c1-33(14-16-4-7-19(8-5-16)34(36)37)27(35)40-24(11-20-21(28)12-32-13-22(20)29)18-6-9-23(39-26(30)31)25(10-18)38-15-17-2-3-17;/h4-10,12-13,17,24,26H,2-3,11,14-15H2,1H3;1H2/t24-;/m0./s1. The van der Waals surface area contributed by atoms with E-state index in [0.29, 0.717) is 39.3 Å². The number of alkyl halides is 2. The number of hydrogen-bond donors (Lipinski definition) is 0. The van der Waals surface area contributed by atoms with Crippen molar-refractivity contribution in [2.24, 2.45) is 5.92 Å². The minimum atomic E-state index is -3.05. The lowest BCUT2D eigenvalue weighted by Crippen LogP contribution is -2.29. The predicted molar refractivity (Wildman–Crippen MR) is 144 cm³/mol. The Morgan fingerprint density at radius 1 is 1.12 bits per heavy atom. The smallest absolute Gasteiger partial charge is 0.410 e. The zero-order valence-corrected chi connectivity index (χ0v) is 23.3. The maximum atomic E-state index is 13.2.